The molecule has 6 rings (SSSR count). The standard InChI is InChI=1S/C26H17N3O2/c30-24-18-14-8-7-13-17(18)23-20(25(24)31)19(15-9-3-1-4-10-15)21-22(28-29-26(21)27-23)16-11-5-2-6-12-16/h1-14,19H,(H2,27,28,29). The molecule has 2 N–H and O–H groups in total. The average Bonchev–Trinajstić information content (AvgIpc) is 3.26. The Morgan fingerprint density at radius 3 is 2.10 bits per heavy atom. The molecule has 2 aliphatic rings. The fraction of sp³-hybridized carbons (Fsp3) is 0.0385. The van der Waals surface area contributed by atoms with Crippen LogP contribution in [-0.2, 0) is 4.79 Å². The van der Waals surface area contributed by atoms with Crippen molar-refractivity contribution in [2.75, 3.05) is 5.32 Å². The number of benzene rings is 3. The van der Waals surface area contributed by atoms with Crippen LogP contribution < -0.4 is 5.32 Å². The summed E-state index contributed by atoms with van der Waals surface area (Å²) in [5.74, 6) is -0.680. The number of fused-ring (bicyclic) bond motifs is 3. The van der Waals surface area contributed by atoms with E-state index >= 15 is 0 Å². The number of hydrogen-bond acceptors (Lipinski definition) is 4. The van der Waals surface area contributed by atoms with Crippen LogP contribution in [0.1, 0.15) is 33.0 Å². The number of anilines is 1. The second-order valence-electron chi connectivity index (χ2n) is 7.69. The van der Waals surface area contributed by atoms with Crippen LogP contribution in [0.3, 0.4) is 0 Å². The number of Topliss-reactive ketones (excluding diaryl/α,β-unsaturated/α-hetero) is 2. The molecule has 0 spiro atoms. The lowest BCUT2D eigenvalue weighted by molar-refractivity contribution is -0.112. The van der Waals surface area contributed by atoms with Crippen LogP contribution >= 0.6 is 0 Å². The van der Waals surface area contributed by atoms with E-state index in [1.54, 1.807) is 12.1 Å². The molecule has 1 aromatic heterocycles. The summed E-state index contributed by atoms with van der Waals surface area (Å²) in [6.45, 7) is 0. The number of hydrogen-bond donors (Lipinski definition) is 2. The van der Waals surface area contributed by atoms with Gasteiger partial charge in [0.05, 0.1) is 11.4 Å². The molecule has 5 nitrogen and oxygen atoms in total. The number of carbonyl (C=O) groups is 2. The zero-order valence-electron chi connectivity index (χ0n) is 16.4. The second kappa shape index (κ2) is 6.64. The fourth-order valence-corrected chi connectivity index (χ4v) is 4.61. The normalized spacial score (nSPS) is 17.0. The first-order valence-electron chi connectivity index (χ1n) is 10.1. The van der Waals surface area contributed by atoms with E-state index in [0.717, 1.165) is 27.9 Å². The topological polar surface area (TPSA) is 74.8 Å². The maximum Gasteiger partial charge on any atom is 0.233 e. The van der Waals surface area contributed by atoms with Gasteiger partial charge in [-0.1, -0.05) is 84.9 Å². The Hall–Kier alpha value is -4.25. The quantitative estimate of drug-likeness (QED) is 0.471. The van der Waals surface area contributed by atoms with Crippen molar-refractivity contribution in [1.29, 1.82) is 0 Å². The first kappa shape index (κ1) is 17.6. The summed E-state index contributed by atoms with van der Waals surface area (Å²) < 4.78 is 0. The van der Waals surface area contributed by atoms with Crippen LogP contribution in [0.5, 0.6) is 0 Å². The van der Waals surface area contributed by atoms with E-state index in [0.29, 0.717) is 22.7 Å². The van der Waals surface area contributed by atoms with Crippen LogP contribution in [-0.4, -0.2) is 21.8 Å². The number of nitrogens with zero attached hydrogens (tertiary/aromatic N) is 1. The molecule has 1 atom stereocenters. The predicted octanol–water partition coefficient (Wildman–Crippen LogP) is 4.81. The average molecular weight is 403 g/mol. The van der Waals surface area contributed by atoms with E-state index < -0.39 is 17.5 Å². The minimum absolute atomic E-state index is 0.411. The molecule has 1 unspecified atom stereocenters. The van der Waals surface area contributed by atoms with Gasteiger partial charge >= 0.3 is 0 Å². The highest BCUT2D eigenvalue weighted by atomic mass is 16.2. The minimum atomic E-state index is -0.471. The molecule has 0 saturated heterocycles. The molecule has 148 valence electrons. The molecule has 4 aromatic rings. The number of carbonyl (C=O) groups excluding carboxylic acids is 2. The summed E-state index contributed by atoms with van der Waals surface area (Å²) in [5, 5.41) is 11.1. The minimum Gasteiger partial charge on any atom is -0.338 e. The van der Waals surface area contributed by atoms with E-state index in [-0.39, 0.29) is 0 Å². The van der Waals surface area contributed by atoms with E-state index in [4.69, 9.17) is 0 Å². The zero-order valence-corrected chi connectivity index (χ0v) is 16.4. The van der Waals surface area contributed by atoms with Crippen molar-refractivity contribution in [2.24, 2.45) is 0 Å². The Balaban J connectivity index is 1.66. The maximum atomic E-state index is 13.4. The number of nitrogens with one attached hydrogen (secondary N) is 2. The van der Waals surface area contributed by atoms with Gasteiger partial charge in [-0.25, -0.2) is 0 Å². The third-order valence-corrected chi connectivity index (χ3v) is 5.98. The van der Waals surface area contributed by atoms with Gasteiger partial charge in [-0.2, -0.15) is 5.10 Å². The summed E-state index contributed by atoms with van der Waals surface area (Å²) in [4.78, 5) is 26.4. The Kier molecular flexibility index (Phi) is 3.77. The molecule has 0 saturated carbocycles. The predicted molar refractivity (Wildman–Crippen MR) is 119 cm³/mol. The molecule has 2 heterocycles. The van der Waals surface area contributed by atoms with Crippen molar-refractivity contribution >= 4 is 23.1 Å². The summed E-state index contributed by atoms with van der Waals surface area (Å²) >= 11 is 0. The van der Waals surface area contributed by atoms with Crippen molar-refractivity contribution in [3.63, 3.8) is 0 Å². The Bertz CT molecular complexity index is 1380. The van der Waals surface area contributed by atoms with Gasteiger partial charge in [0.15, 0.2) is 5.82 Å². The number of aromatic amines is 1. The van der Waals surface area contributed by atoms with E-state index in [2.05, 4.69) is 15.5 Å². The molecule has 0 fully saturated rings. The third kappa shape index (κ3) is 2.53. The van der Waals surface area contributed by atoms with Gasteiger partial charge in [0.1, 0.15) is 0 Å². The monoisotopic (exact) mass is 403 g/mol. The van der Waals surface area contributed by atoms with Gasteiger partial charge in [0, 0.05) is 28.2 Å². The van der Waals surface area contributed by atoms with Gasteiger partial charge < -0.3 is 5.32 Å². The maximum absolute atomic E-state index is 13.4. The molecule has 1 aliphatic carbocycles. The largest absolute Gasteiger partial charge is 0.338 e. The highest BCUT2D eigenvalue weighted by Crippen LogP contribution is 2.49. The van der Waals surface area contributed by atoms with Gasteiger partial charge in [0.25, 0.3) is 0 Å². The third-order valence-electron chi connectivity index (χ3n) is 5.98. The molecule has 3 aromatic carbocycles. The smallest absolute Gasteiger partial charge is 0.233 e. The molecular weight excluding hydrogens is 386 g/mol. The second-order valence-corrected chi connectivity index (χ2v) is 7.69. The summed E-state index contributed by atoms with van der Waals surface area (Å²) in [5.41, 5.74) is 5.91. The summed E-state index contributed by atoms with van der Waals surface area (Å²) in [6.07, 6.45) is 0. The highest BCUT2D eigenvalue weighted by molar-refractivity contribution is 6.53. The fourth-order valence-electron chi connectivity index (χ4n) is 4.61. The van der Waals surface area contributed by atoms with Crippen molar-refractivity contribution < 1.29 is 9.59 Å². The lowest BCUT2D eigenvalue weighted by Gasteiger charge is -2.32. The number of allylic oxidation sites excluding steroid dienone is 1. The van der Waals surface area contributed by atoms with E-state index in [1.165, 1.54) is 0 Å². The van der Waals surface area contributed by atoms with Crippen LogP contribution in [0.25, 0.3) is 17.0 Å². The SMILES string of the molecule is O=C1C(=O)c2ccccc2C2=C1C(c1ccccc1)c1c(n[nH]c1-c1ccccc1)N2. The molecule has 0 bridgehead atoms. The number of rotatable bonds is 2. The Morgan fingerprint density at radius 1 is 0.710 bits per heavy atom. The number of aromatic nitrogens is 2. The van der Waals surface area contributed by atoms with Gasteiger partial charge in [-0.15, -0.1) is 0 Å². The lowest BCUT2D eigenvalue weighted by Crippen LogP contribution is -2.32. The zero-order chi connectivity index (χ0) is 20.9. The van der Waals surface area contributed by atoms with Crippen molar-refractivity contribution in [1.82, 2.24) is 10.2 Å². The molecular formula is C26H17N3O2. The van der Waals surface area contributed by atoms with E-state index in [1.807, 2.05) is 72.8 Å². The first-order valence-corrected chi connectivity index (χ1v) is 10.1. The Labute approximate surface area is 178 Å². The van der Waals surface area contributed by atoms with Gasteiger partial charge in [-0.3, -0.25) is 14.7 Å². The van der Waals surface area contributed by atoms with Crippen LogP contribution in [0, 0.1) is 0 Å². The van der Waals surface area contributed by atoms with Crippen molar-refractivity contribution in [3.8, 4) is 11.3 Å². The lowest BCUT2D eigenvalue weighted by atomic mass is 9.73. The molecule has 0 amide bonds. The van der Waals surface area contributed by atoms with Crippen molar-refractivity contribution in [3.05, 3.63) is 113 Å². The van der Waals surface area contributed by atoms with E-state index in [9.17, 15) is 9.59 Å². The molecule has 1 aliphatic heterocycles. The first-order chi connectivity index (χ1) is 15.2. The number of H-pyrrole nitrogens is 1. The van der Waals surface area contributed by atoms with Crippen LogP contribution in [0.15, 0.2) is 90.5 Å². The number of ketones is 2. The van der Waals surface area contributed by atoms with Gasteiger partial charge in [-0.05, 0) is 11.1 Å². The van der Waals surface area contributed by atoms with Crippen LogP contribution in [0.2, 0.25) is 0 Å². The summed E-state index contributed by atoms with van der Waals surface area (Å²) in [7, 11) is 0. The molecule has 31 heavy (non-hydrogen) atoms. The summed E-state index contributed by atoms with van der Waals surface area (Å²) in [6, 6.07) is 26.9. The highest BCUT2D eigenvalue weighted by Gasteiger charge is 2.43. The van der Waals surface area contributed by atoms with Gasteiger partial charge in [0.2, 0.25) is 11.6 Å². The van der Waals surface area contributed by atoms with Crippen LogP contribution in [0.4, 0.5) is 5.82 Å². The molecule has 5 heteroatoms. The molecule has 0 radical (unpaired) electrons. The van der Waals surface area contributed by atoms with Crippen molar-refractivity contribution in [2.45, 2.75) is 5.92 Å². The Morgan fingerprint density at radius 2 is 1.35 bits per heavy atom.